The van der Waals surface area contributed by atoms with Crippen molar-refractivity contribution in [1.29, 1.82) is 0 Å². The smallest absolute Gasteiger partial charge is 0.230 e. The highest BCUT2D eigenvalue weighted by molar-refractivity contribution is 7.99. The van der Waals surface area contributed by atoms with Gasteiger partial charge in [0.1, 0.15) is 0 Å². The second-order valence-corrected chi connectivity index (χ2v) is 8.15. The predicted molar refractivity (Wildman–Crippen MR) is 114 cm³/mol. The molecule has 0 radical (unpaired) electrons. The van der Waals surface area contributed by atoms with Crippen LogP contribution in [-0.2, 0) is 4.79 Å². The van der Waals surface area contributed by atoms with E-state index in [1.54, 1.807) is 30.3 Å². The number of halogens is 3. The standard InChI is InChI=1S/C18H16Cl3N5OS/c1-10(11-2-4-12(19)5-3-11)23-16(27)9-28-18-25-24-17(26(18)22)14-7-6-13(20)8-15(14)21/h2-8,10H,9,22H2,1H3,(H,23,27). The summed E-state index contributed by atoms with van der Waals surface area (Å²) < 4.78 is 1.30. The number of carbonyl (C=O) groups excluding carboxylic acids is 1. The first-order valence-corrected chi connectivity index (χ1v) is 10.3. The predicted octanol–water partition coefficient (Wildman–Crippen LogP) is 4.59. The summed E-state index contributed by atoms with van der Waals surface area (Å²) >= 11 is 19.2. The maximum Gasteiger partial charge on any atom is 0.230 e. The monoisotopic (exact) mass is 455 g/mol. The molecule has 146 valence electrons. The number of nitrogens with zero attached hydrogens (tertiary/aromatic N) is 3. The second kappa shape index (κ2) is 9.05. The van der Waals surface area contributed by atoms with Crippen molar-refractivity contribution in [2.75, 3.05) is 11.6 Å². The van der Waals surface area contributed by atoms with E-state index in [0.29, 0.717) is 31.6 Å². The lowest BCUT2D eigenvalue weighted by molar-refractivity contribution is -0.119. The Kier molecular flexibility index (Phi) is 6.72. The molecule has 0 bridgehead atoms. The zero-order valence-corrected chi connectivity index (χ0v) is 17.8. The largest absolute Gasteiger partial charge is 0.349 e. The van der Waals surface area contributed by atoms with E-state index in [0.717, 1.165) is 5.56 Å². The van der Waals surface area contributed by atoms with Crippen LogP contribution < -0.4 is 11.2 Å². The van der Waals surface area contributed by atoms with Gasteiger partial charge in [0.25, 0.3) is 0 Å². The molecule has 0 spiro atoms. The number of nitrogens with two attached hydrogens (primary N) is 1. The fourth-order valence-corrected chi connectivity index (χ4v) is 3.76. The van der Waals surface area contributed by atoms with Gasteiger partial charge in [-0.25, -0.2) is 4.68 Å². The molecular weight excluding hydrogens is 441 g/mol. The molecule has 2 aromatic carbocycles. The zero-order valence-electron chi connectivity index (χ0n) is 14.7. The van der Waals surface area contributed by atoms with E-state index in [1.165, 1.54) is 16.4 Å². The maximum absolute atomic E-state index is 12.3. The Labute approximate surface area is 181 Å². The molecule has 1 aromatic heterocycles. The normalized spacial score (nSPS) is 12.0. The molecule has 3 aromatic rings. The van der Waals surface area contributed by atoms with E-state index in [1.807, 2.05) is 19.1 Å². The fourth-order valence-electron chi connectivity index (χ4n) is 2.48. The number of hydrogen-bond acceptors (Lipinski definition) is 5. The van der Waals surface area contributed by atoms with Gasteiger partial charge in [-0.3, -0.25) is 4.79 Å². The molecule has 0 saturated heterocycles. The van der Waals surface area contributed by atoms with E-state index < -0.39 is 0 Å². The molecule has 10 heteroatoms. The van der Waals surface area contributed by atoms with E-state index in [9.17, 15) is 4.79 Å². The van der Waals surface area contributed by atoms with E-state index >= 15 is 0 Å². The van der Waals surface area contributed by atoms with Crippen molar-refractivity contribution in [1.82, 2.24) is 20.2 Å². The third-order valence-electron chi connectivity index (χ3n) is 3.92. The minimum absolute atomic E-state index is 0.140. The summed E-state index contributed by atoms with van der Waals surface area (Å²) in [6.45, 7) is 1.90. The van der Waals surface area contributed by atoms with Crippen molar-refractivity contribution in [2.24, 2.45) is 0 Å². The van der Waals surface area contributed by atoms with E-state index in [2.05, 4.69) is 15.5 Å². The summed E-state index contributed by atoms with van der Waals surface area (Å²) in [6.07, 6.45) is 0. The summed E-state index contributed by atoms with van der Waals surface area (Å²) in [5, 5.41) is 13.0. The number of benzene rings is 2. The van der Waals surface area contributed by atoms with Crippen LogP contribution in [0.1, 0.15) is 18.5 Å². The molecule has 6 nitrogen and oxygen atoms in total. The summed E-state index contributed by atoms with van der Waals surface area (Å²) in [6, 6.07) is 12.2. The van der Waals surface area contributed by atoms with E-state index in [-0.39, 0.29) is 17.7 Å². The molecule has 0 aliphatic carbocycles. The highest BCUT2D eigenvalue weighted by Crippen LogP contribution is 2.30. The molecule has 1 amide bonds. The van der Waals surface area contributed by atoms with Crippen LogP contribution in [0.15, 0.2) is 47.6 Å². The first-order valence-electron chi connectivity index (χ1n) is 8.18. The number of hydrogen-bond donors (Lipinski definition) is 2. The molecule has 1 atom stereocenters. The molecule has 0 aliphatic heterocycles. The lowest BCUT2D eigenvalue weighted by Gasteiger charge is -2.14. The summed E-state index contributed by atoms with van der Waals surface area (Å²) in [7, 11) is 0. The van der Waals surface area contributed by atoms with Crippen LogP contribution in [0.5, 0.6) is 0 Å². The van der Waals surface area contributed by atoms with Gasteiger partial charge in [-0.2, -0.15) is 0 Å². The van der Waals surface area contributed by atoms with Gasteiger partial charge in [0.15, 0.2) is 5.82 Å². The average molecular weight is 457 g/mol. The number of nitrogen functional groups attached to an aromatic ring is 1. The van der Waals surface area contributed by atoms with Crippen molar-refractivity contribution in [3.8, 4) is 11.4 Å². The Morgan fingerprint density at radius 2 is 1.82 bits per heavy atom. The first-order chi connectivity index (χ1) is 13.3. The van der Waals surface area contributed by atoms with Gasteiger partial charge >= 0.3 is 0 Å². The van der Waals surface area contributed by atoms with Gasteiger partial charge in [0, 0.05) is 15.6 Å². The molecular formula is C18H16Cl3N5OS. The van der Waals surface area contributed by atoms with Gasteiger partial charge in [-0.1, -0.05) is 58.7 Å². The van der Waals surface area contributed by atoms with Crippen LogP contribution in [0.2, 0.25) is 15.1 Å². The van der Waals surface area contributed by atoms with Crippen molar-refractivity contribution >= 4 is 52.5 Å². The summed E-state index contributed by atoms with van der Waals surface area (Å²) in [5.74, 6) is 6.45. The molecule has 3 N–H and O–H groups in total. The Morgan fingerprint density at radius 3 is 2.50 bits per heavy atom. The number of thioether (sulfide) groups is 1. The molecule has 1 unspecified atom stereocenters. The Balaban J connectivity index is 1.62. The molecule has 0 fully saturated rings. The van der Waals surface area contributed by atoms with Crippen LogP contribution >= 0.6 is 46.6 Å². The van der Waals surface area contributed by atoms with Crippen molar-refractivity contribution in [3.05, 3.63) is 63.1 Å². The number of amides is 1. The fraction of sp³-hybridized carbons (Fsp3) is 0.167. The third-order valence-corrected chi connectivity index (χ3v) is 5.66. The summed E-state index contributed by atoms with van der Waals surface area (Å²) in [5.41, 5.74) is 1.57. The topological polar surface area (TPSA) is 85.8 Å². The number of carbonyl (C=O) groups is 1. The quantitative estimate of drug-likeness (QED) is 0.418. The van der Waals surface area contributed by atoms with E-state index in [4.69, 9.17) is 40.6 Å². The van der Waals surface area contributed by atoms with Gasteiger partial charge in [-0.15, -0.1) is 10.2 Å². The minimum atomic E-state index is -0.151. The lowest BCUT2D eigenvalue weighted by Crippen LogP contribution is -2.28. The number of nitrogens with one attached hydrogen (secondary N) is 1. The SMILES string of the molecule is CC(NC(=O)CSc1nnc(-c2ccc(Cl)cc2Cl)n1N)c1ccc(Cl)cc1. The van der Waals surface area contributed by atoms with Crippen LogP contribution in [0.4, 0.5) is 0 Å². The first kappa shape index (κ1) is 20.8. The van der Waals surface area contributed by atoms with Crippen molar-refractivity contribution < 1.29 is 4.79 Å². The lowest BCUT2D eigenvalue weighted by atomic mass is 10.1. The van der Waals surface area contributed by atoms with Crippen LogP contribution in [-0.4, -0.2) is 26.5 Å². The Hall–Kier alpha value is -1.93. The van der Waals surface area contributed by atoms with Crippen molar-refractivity contribution in [2.45, 2.75) is 18.1 Å². The molecule has 28 heavy (non-hydrogen) atoms. The highest BCUT2D eigenvalue weighted by Gasteiger charge is 2.17. The molecule has 3 rings (SSSR count). The Bertz CT molecular complexity index is 993. The van der Waals surface area contributed by atoms with Crippen molar-refractivity contribution in [3.63, 3.8) is 0 Å². The average Bonchev–Trinajstić information content (AvgIpc) is 3.01. The zero-order chi connectivity index (χ0) is 20.3. The van der Waals surface area contributed by atoms with Gasteiger partial charge in [-0.05, 0) is 42.8 Å². The summed E-state index contributed by atoms with van der Waals surface area (Å²) in [4.78, 5) is 12.3. The third kappa shape index (κ3) is 4.91. The molecule has 0 aliphatic rings. The molecule has 1 heterocycles. The number of rotatable bonds is 6. The van der Waals surface area contributed by atoms with Crippen LogP contribution in [0.3, 0.4) is 0 Å². The highest BCUT2D eigenvalue weighted by atomic mass is 35.5. The van der Waals surface area contributed by atoms with Gasteiger partial charge in [0.05, 0.1) is 16.8 Å². The van der Waals surface area contributed by atoms with Crippen LogP contribution in [0.25, 0.3) is 11.4 Å². The Morgan fingerprint density at radius 1 is 1.14 bits per heavy atom. The minimum Gasteiger partial charge on any atom is -0.349 e. The maximum atomic E-state index is 12.3. The van der Waals surface area contributed by atoms with Crippen LogP contribution in [0, 0.1) is 0 Å². The number of aromatic nitrogens is 3. The second-order valence-electron chi connectivity index (χ2n) is 5.93. The van der Waals surface area contributed by atoms with Gasteiger partial charge in [0.2, 0.25) is 11.1 Å². The van der Waals surface area contributed by atoms with Gasteiger partial charge < -0.3 is 11.2 Å². The molecule has 0 saturated carbocycles.